The second-order valence-electron chi connectivity index (χ2n) is 8.80. The van der Waals surface area contributed by atoms with Gasteiger partial charge in [0.25, 0.3) is 11.5 Å². The Labute approximate surface area is 212 Å². The van der Waals surface area contributed by atoms with Gasteiger partial charge in [0.2, 0.25) is 0 Å². The van der Waals surface area contributed by atoms with Crippen LogP contribution >= 0.6 is 0 Å². The van der Waals surface area contributed by atoms with Crippen molar-refractivity contribution >= 4 is 28.2 Å². The average Bonchev–Trinajstić information content (AvgIpc) is 2.95. The van der Waals surface area contributed by atoms with E-state index in [-0.39, 0.29) is 17.0 Å². The third-order valence-electron chi connectivity index (χ3n) is 6.56. The number of carbonyl (C=O) groups excluding carboxylic acids is 1. The lowest BCUT2D eigenvalue weighted by Gasteiger charge is -2.35. The van der Waals surface area contributed by atoms with E-state index in [2.05, 4.69) is 20.5 Å². The van der Waals surface area contributed by atoms with E-state index in [9.17, 15) is 14.0 Å². The highest BCUT2D eigenvalue weighted by atomic mass is 19.1. The molecule has 4 aromatic rings. The number of benzene rings is 2. The third kappa shape index (κ3) is 4.84. The summed E-state index contributed by atoms with van der Waals surface area (Å²) in [7, 11) is 1.79. The number of halogens is 1. The van der Waals surface area contributed by atoms with E-state index in [1.807, 2.05) is 23.1 Å². The first-order valence-electron chi connectivity index (χ1n) is 11.8. The minimum Gasteiger partial charge on any atom is -0.388 e. The SMILES string of the molecule is CNc1ccc2c(=O)[nH]nc(Cc3ccc(F)c(C(=O)N4CCN(c5ccc(C#N)cn5)CC4)c3)c2c1. The molecule has 1 saturated heterocycles. The number of nitrogens with zero attached hydrogens (tertiary/aromatic N) is 5. The summed E-state index contributed by atoms with van der Waals surface area (Å²) in [6, 6.07) is 15.4. The Morgan fingerprint density at radius 1 is 1.11 bits per heavy atom. The summed E-state index contributed by atoms with van der Waals surface area (Å²) in [6.07, 6.45) is 1.84. The quantitative estimate of drug-likeness (QED) is 0.435. The molecule has 0 spiro atoms. The van der Waals surface area contributed by atoms with Crippen molar-refractivity contribution in [2.24, 2.45) is 0 Å². The molecule has 0 bridgehead atoms. The number of pyridine rings is 1. The van der Waals surface area contributed by atoms with Crippen LogP contribution in [-0.2, 0) is 6.42 Å². The summed E-state index contributed by atoms with van der Waals surface area (Å²) in [5.41, 5.74) is 2.38. The van der Waals surface area contributed by atoms with E-state index in [4.69, 9.17) is 5.26 Å². The van der Waals surface area contributed by atoms with Crippen molar-refractivity contribution in [3.05, 3.63) is 93.3 Å². The highest BCUT2D eigenvalue weighted by Gasteiger charge is 2.25. The monoisotopic (exact) mass is 497 g/mol. The molecule has 1 fully saturated rings. The second-order valence-corrected chi connectivity index (χ2v) is 8.80. The van der Waals surface area contributed by atoms with E-state index in [0.29, 0.717) is 60.2 Å². The van der Waals surface area contributed by atoms with Crippen LogP contribution in [0.15, 0.2) is 59.5 Å². The van der Waals surface area contributed by atoms with E-state index >= 15 is 0 Å². The number of amides is 1. The van der Waals surface area contributed by atoms with E-state index in [1.165, 1.54) is 12.3 Å². The number of rotatable bonds is 5. The summed E-state index contributed by atoms with van der Waals surface area (Å²) in [6.45, 7) is 1.94. The molecular weight excluding hydrogens is 473 g/mol. The number of nitriles is 1. The van der Waals surface area contributed by atoms with Crippen molar-refractivity contribution in [2.45, 2.75) is 6.42 Å². The molecule has 0 aliphatic carbocycles. The van der Waals surface area contributed by atoms with Gasteiger partial charge >= 0.3 is 0 Å². The molecule has 5 rings (SSSR count). The molecule has 2 aromatic heterocycles. The molecule has 1 aliphatic heterocycles. The summed E-state index contributed by atoms with van der Waals surface area (Å²) >= 11 is 0. The zero-order valence-electron chi connectivity index (χ0n) is 20.2. The van der Waals surface area contributed by atoms with Gasteiger partial charge in [-0.2, -0.15) is 10.4 Å². The molecule has 1 aliphatic rings. The average molecular weight is 498 g/mol. The maximum atomic E-state index is 14.8. The zero-order valence-corrected chi connectivity index (χ0v) is 20.2. The lowest BCUT2D eigenvalue weighted by Crippen LogP contribution is -2.49. The number of hydrogen-bond donors (Lipinski definition) is 2. The van der Waals surface area contributed by atoms with Crippen LogP contribution in [-0.4, -0.2) is 59.2 Å². The van der Waals surface area contributed by atoms with Crippen LogP contribution in [0.3, 0.4) is 0 Å². The first kappa shape index (κ1) is 23.9. The number of anilines is 2. The van der Waals surface area contributed by atoms with Gasteiger partial charge in [-0.1, -0.05) is 6.07 Å². The van der Waals surface area contributed by atoms with Crippen molar-refractivity contribution in [1.29, 1.82) is 5.26 Å². The topological polar surface area (TPSA) is 118 Å². The van der Waals surface area contributed by atoms with Gasteiger partial charge in [0.1, 0.15) is 17.7 Å². The van der Waals surface area contributed by atoms with Gasteiger partial charge in [-0.25, -0.2) is 14.5 Å². The van der Waals surface area contributed by atoms with Crippen LogP contribution in [0.1, 0.15) is 27.2 Å². The lowest BCUT2D eigenvalue weighted by molar-refractivity contribution is 0.0741. The molecule has 9 nitrogen and oxygen atoms in total. The van der Waals surface area contributed by atoms with Gasteiger partial charge in [0.15, 0.2) is 0 Å². The second kappa shape index (κ2) is 10.1. The lowest BCUT2D eigenvalue weighted by atomic mass is 10.0. The fourth-order valence-electron chi connectivity index (χ4n) is 4.50. The number of nitrogens with one attached hydrogen (secondary N) is 2. The Balaban J connectivity index is 1.34. The van der Waals surface area contributed by atoms with Crippen LogP contribution in [0.4, 0.5) is 15.9 Å². The van der Waals surface area contributed by atoms with Gasteiger partial charge in [-0.15, -0.1) is 0 Å². The Hall–Kier alpha value is -4.78. The molecule has 37 heavy (non-hydrogen) atoms. The van der Waals surface area contributed by atoms with Crippen molar-refractivity contribution in [3.8, 4) is 6.07 Å². The predicted molar refractivity (Wildman–Crippen MR) is 138 cm³/mol. The number of carbonyl (C=O) groups is 1. The summed E-state index contributed by atoms with van der Waals surface area (Å²) < 4.78 is 14.8. The number of aromatic nitrogens is 3. The molecule has 0 saturated carbocycles. The Kier molecular flexibility index (Phi) is 6.51. The summed E-state index contributed by atoms with van der Waals surface area (Å²) in [5.74, 6) is -0.216. The summed E-state index contributed by atoms with van der Waals surface area (Å²) in [4.78, 5) is 33.4. The van der Waals surface area contributed by atoms with Crippen LogP contribution < -0.4 is 15.8 Å². The molecule has 0 unspecified atom stereocenters. The van der Waals surface area contributed by atoms with Gasteiger partial charge in [-0.05, 0) is 48.0 Å². The Morgan fingerprint density at radius 3 is 2.62 bits per heavy atom. The van der Waals surface area contributed by atoms with Crippen molar-refractivity contribution in [1.82, 2.24) is 20.1 Å². The molecule has 1 amide bonds. The first-order chi connectivity index (χ1) is 18.0. The zero-order chi connectivity index (χ0) is 25.9. The highest BCUT2D eigenvalue weighted by molar-refractivity contribution is 5.95. The molecule has 2 N–H and O–H groups in total. The number of hydrogen-bond acceptors (Lipinski definition) is 7. The molecule has 186 valence electrons. The number of aromatic amines is 1. The number of piperazine rings is 1. The molecule has 2 aromatic carbocycles. The van der Waals surface area contributed by atoms with E-state index in [1.54, 1.807) is 42.3 Å². The van der Waals surface area contributed by atoms with Crippen molar-refractivity contribution in [2.75, 3.05) is 43.4 Å². The standard InChI is InChI=1S/C27H24FN7O2/c1-30-19-4-5-20-21(14-19)24(32-33-26(20)36)13-17-2-6-23(28)22(12-17)27(37)35-10-8-34(9-11-35)25-7-3-18(15-29)16-31-25/h2-7,12,14,16,30H,8-11,13H2,1H3,(H,33,36). The maximum Gasteiger partial charge on any atom is 0.272 e. The normalized spacial score (nSPS) is 13.4. The van der Waals surface area contributed by atoms with Crippen molar-refractivity contribution < 1.29 is 9.18 Å². The van der Waals surface area contributed by atoms with E-state index in [0.717, 1.165) is 11.5 Å². The largest absolute Gasteiger partial charge is 0.388 e. The van der Waals surface area contributed by atoms with Gasteiger partial charge in [0.05, 0.1) is 22.2 Å². The fourth-order valence-corrected chi connectivity index (χ4v) is 4.50. The number of H-pyrrole nitrogens is 1. The highest BCUT2D eigenvalue weighted by Crippen LogP contribution is 2.23. The minimum absolute atomic E-state index is 0.00657. The molecular formula is C27H24FN7O2. The van der Waals surface area contributed by atoms with E-state index < -0.39 is 5.82 Å². The molecule has 10 heteroatoms. The Morgan fingerprint density at radius 2 is 1.92 bits per heavy atom. The minimum atomic E-state index is -0.582. The molecule has 0 radical (unpaired) electrons. The van der Waals surface area contributed by atoms with Crippen LogP contribution in [0.25, 0.3) is 10.8 Å². The number of fused-ring (bicyclic) bond motifs is 1. The maximum absolute atomic E-state index is 14.8. The van der Waals surface area contributed by atoms with Gasteiger partial charge in [0, 0.05) is 56.9 Å². The van der Waals surface area contributed by atoms with Crippen LogP contribution in [0, 0.1) is 17.1 Å². The molecule has 0 atom stereocenters. The first-order valence-corrected chi connectivity index (χ1v) is 11.8. The Bertz CT molecular complexity index is 1570. The van der Waals surface area contributed by atoms with Gasteiger partial charge in [-0.3, -0.25) is 9.59 Å². The molecule has 3 heterocycles. The smallest absolute Gasteiger partial charge is 0.272 e. The third-order valence-corrected chi connectivity index (χ3v) is 6.56. The predicted octanol–water partition coefficient (Wildman–Crippen LogP) is 2.92. The van der Waals surface area contributed by atoms with Crippen LogP contribution in [0.2, 0.25) is 0 Å². The fraction of sp³-hybridized carbons (Fsp3) is 0.222. The van der Waals surface area contributed by atoms with Crippen LogP contribution in [0.5, 0.6) is 0 Å². The van der Waals surface area contributed by atoms with Gasteiger partial charge < -0.3 is 15.1 Å². The summed E-state index contributed by atoms with van der Waals surface area (Å²) in [5, 5.41) is 20.0. The van der Waals surface area contributed by atoms with Crippen molar-refractivity contribution in [3.63, 3.8) is 0 Å².